The number of rotatable bonds is 8. The highest BCUT2D eigenvalue weighted by Crippen LogP contribution is 2.27. The fourth-order valence-corrected chi connectivity index (χ4v) is 5.38. The smallest absolute Gasteiger partial charge is 0.408 e. The number of nitrogens with one attached hydrogen (secondary N) is 2. The molecule has 2 aliphatic heterocycles. The van der Waals surface area contributed by atoms with E-state index in [-0.39, 0.29) is 23.6 Å². The summed E-state index contributed by atoms with van der Waals surface area (Å²) in [5.74, 6) is 0.187. The van der Waals surface area contributed by atoms with Crippen molar-refractivity contribution in [3.05, 3.63) is 29.8 Å². The molecule has 0 aliphatic carbocycles. The molecule has 3 rings (SSSR count). The average molecular weight is 547 g/mol. The van der Waals surface area contributed by atoms with Gasteiger partial charge in [-0.2, -0.15) is 11.8 Å². The second-order valence-corrected chi connectivity index (χ2v) is 12.1. The first-order valence-corrected chi connectivity index (χ1v) is 14.8. The predicted octanol–water partition coefficient (Wildman–Crippen LogP) is 3.81. The fraction of sp³-hybridized carbons (Fsp3) is 0.643. The van der Waals surface area contributed by atoms with Gasteiger partial charge in [-0.1, -0.05) is 17.7 Å². The number of piperidine rings is 1. The molecule has 0 bridgehead atoms. The van der Waals surface area contributed by atoms with Gasteiger partial charge in [-0.25, -0.2) is 4.79 Å². The fourth-order valence-electron chi connectivity index (χ4n) is 4.91. The summed E-state index contributed by atoms with van der Waals surface area (Å²) in [6.07, 6.45) is 4.37. The SMILES string of the molecule is CSCC[C@H](NC(=O)OC(C)(C)C)C(=O)N1CCC(C(=O)N2CCC[C@H]2C(=O)Nc2ccc(C)cc2)CC1. The third kappa shape index (κ3) is 8.38. The van der Waals surface area contributed by atoms with Crippen LogP contribution >= 0.6 is 11.8 Å². The number of benzene rings is 1. The van der Waals surface area contributed by atoms with Gasteiger partial charge in [0.15, 0.2) is 0 Å². The van der Waals surface area contributed by atoms with Crippen molar-refractivity contribution in [1.82, 2.24) is 15.1 Å². The number of anilines is 1. The highest BCUT2D eigenvalue weighted by molar-refractivity contribution is 7.98. The molecular formula is C28H42N4O5S. The molecule has 9 nitrogen and oxygen atoms in total. The Kier molecular flexibility index (Phi) is 10.5. The number of likely N-dealkylation sites (tertiary alicyclic amines) is 2. The van der Waals surface area contributed by atoms with Crippen LogP contribution in [-0.4, -0.2) is 82.9 Å². The molecule has 38 heavy (non-hydrogen) atoms. The zero-order valence-electron chi connectivity index (χ0n) is 23.2. The summed E-state index contributed by atoms with van der Waals surface area (Å²) >= 11 is 1.61. The number of carbonyl (C=O) groups is 4. The summed E-state index contributed by atoms with van der Waals surface area (Å²) in [6, 6.07) is 6.47. The maximum atomic E-state index is 13.4. The van der Waals surface area contributed by atoms with Gasteiger partial charge >= 0.3 is 6.09 Å². The number of hydrogen-bond donors (Lipinski definition) is 2. The lowest BCUT2D eigenvalue weighted by Crippen LogP contribution is -2.53. The second kappa shape index (κ2) is 13.4. The van der Waals surface area contributed by atoms with Crippen LogP contribution < -0.4 is 10.6 Å². The molecule has 0 unspecified atom stereocenters. The number of nitrogens with zero attached hydrogens (tertiary/aromatic N) is 2. The number of hydrogen-bond acceptors (Lipinski definition) is 6. The molecule has 2 fully saturated rings. The van der Waals surface area contributed by atoms with Crippen LogP contribution in [0.4, 0.5) is 10.5 Å². The number of ether oxygens (including phenoxy) is 1. The van der Waals surface area contributed by atoms with Crippen molar-refractivity contribution < 1.29 is 23.9 Å². The van der Waals surface area contributed by atoms with Gasteiger partial charge in [0.05, 0.1) is 0 Å². The summed E-state index contributed by atoms with van der Waals surface area (Å²) in [7, 11) is 0. The van der Waals surface area contributed by atoms with Crippen LogP contribution in [0.15, 0.2) is 24.3 Å². The second-order valence-electron chi connectivity index (χ2n) is 11.1. The van der Waals surface area contributed by atoms with Gasteiger partial charge < -0.3 is 25.2 Å². The Morgan fingerprint density at radius 1 is 1.05 bits per heavy atom. The van der Waals surface area contributed by atoms with Crippen LogP contribution in [0.5, 0.6) is 0 Å². The Bertz CT molecular complexity index is 986. The van der Waals surface area contributed by atoms with E-state index in [1.165, 1.54) is 0 Å². The molecule has 2 atom stereocenters. The van der Waals surface area contributed by atoms with Gasteiger partial charge in [0.25, 0.3) is 0 Å². The van der Waals surface area contributed by atoms with Gasteiger partial charge in [0.1, 0.15) is 17.7 Å². The maximum Gasteiger partial charge on any atom is 0.408 e. The van der Waals surface area contributed by atoms with E-state index in [0.29, 0.717) is 45.3 Å². The molecule has 2 saturated heterocycles. The summed E-state index contributed by atoms with van der Waals surface area (Å²) in [6.45, 7) is 8.78. The molecule has 0 saturated carbocycles. The van der Waals surface area contributed by atoms with Crippen LogP contribution in [-0.2, 0) is 19.1 Å². The van der Waals surface area contributed by atoms with E-state index in [9.17, 15) is 19.2 Å². The van der Waals surface area contributed by atoms with E-state index in [2.05, 4.69) is 10.6 Å². The van der Waals surface area contributed by atoms with Crippen LogP contribution in [0.2, 0.25) is 0 Å². The number of aryl methyl sites for hydroxylation is 1. The predicted molar refractivity (Wildman–Crippen MR) is 150 cm³/mol. The molecule has 2 aliphatic rings. The Hall–Kier alpha value is -2.75. The van der Waals surface area contributed by atoms with Crippen molar-refractivity contribution in [1.29, 1.82) is 0 Å². The zero-order chi connectivity index (χ0) is 27.9. The minimum absolute atomic E-state index is 0.00975. The average Bonchev–Trinajstić information content (AvgIpc) is 3.36. The van der Waals surface area contributed by atoms with Crippen molar-refractivity contribution >= 4 is 41.3 Å². The monoisotopic (exact) mass is 546 g/mol. The van der Waals surface area contributed by atoms with E-state index < -0.39 is 23.8 Å². The van der Waals surface area contributed by atoms with Crippen LogP contribution in [0.1, 0.15) is 58.4 Å². The zero-order valence-corrected chi connectivity index (χ0v) is 24.1. The van der Waals surface area contributed by atoms with Gasteiger partial charge in [-0.05, 0) is 83.9 Å². The molecule has 1 aromatic rings. The molecule has 1 aromatic carbocycles. The molecular weight excluding hydrogens is 504 g/mol. The van der Waals surface area contributed by atoms with Crippen molar-refractivity contribution in [2.24, 2.45) is 5.92 Å². The molecule has 2 heterocycles. The third-order valence-electron chi connectivity index (χ3n) is 6.91. The molecule has 0 spiro atoms. The summed E-state index contributed by atoms with van der Waals surface area (Å²) < 4.78 is 5.35. The van der Waals surface area contributed by atoms with E-state index in [1.54, 1.807) is 42.3 Å². The van der Waals surface area contributed by atoms with Crippen molar-refractivity contribution in [2.75, 3.05) is 37.0 Å². The lowest BCUT2D eigenvalue weighted by Gasteiger charge is -2.36. The van der Waals surface area contributed by atoms with E-state index in [0.717, 1.165) is 23.4 Å². The summed E-state index contributed by atoms with van der Waals surface area (Å²) in [5.41, 5.74) is 1.19. The molecule has 210 valence electrons. The quantitative estimate of drug-likeness (QED) is 0.514. The summed E-state index contributed by atoms with van der Waals surface area (Å²) in [4.78, 5) is 55.4. The Morgan fingerprint density at radius 2 is 1.71 bits per heavy atom. The topological polar surface area (TPSA) is 108 Å². The molecule has 2 N–H and O–H groups in total. The Labute approximate surface area is 230 Å². The van der Waals surface area contributed by atoms with Crippen molar-refractivity contribution in [3.8, 4) is 0 Å². The van der Waals surface area contributed by atoms with Crippen molar-refractivity contribution in [2.45, 2.75) is 77.5 Å². The van der Waals surface area contributed by atoms with E-state index in [1.807, 2.05) is 37.4 Å². The maximum absolute atomic E-state index is 13.4. The number of carbonyl (C=O) groups excluding carboxylic acids is 4. The molecule has 4 amide bonds. The minimum Gasteiger partial charge on any atom is -0.444 e. The largest absolute Gasteiger partial charge is 0.444 e. The Balaban J connectivity index is 1.55. The molecule has 0 radical (unpaired) electrons. The first kappa shape index (κ1) is 29.8. The Morgan fingerprint density at radius 3 is 2.32 bits per heavy atom. The van der Waals surface area contributed by atoms with Gasteiger partial charge in [0, 0.05) is 31.2 Å². The van der Waals surface area contributed by atoms with E-state index in [4.69, 9.17) is 4.74 Å². The third-order valence-corrected chi connectivity index (χ3v) is 7.56. The standard InChI is InChI=1S/C28H42N4O5S/c1-19-8-10-21(11-9-19)29-24(33)23-7-6-15-32(23)25(34)20-12-16-31(17-13-20)26(35)22(14-18-38-5)30-27(36)37-28(2,3)4/h8-11,20,22-23H,6-7,12-18H2,1-5H3,(H,29,33)(H,30,36)/t22-,23-/m0/s1. The number of alkyl carbamates (subject to hydrolysis) is 1. The lowest BCUT2D eigenvalue weighted by molar-refractivity contribution is -0.144. The van der Waals surface area contributed by atoms with E-state index >= 15 is 0 Å². The highest BCUT2D eigenvalue weighted by atomic mass is 32.2. The van der Waals surface area contributed by atoms with Crippen LogP contribution in [0.25, 0.3) is 0 Å². The van der Waals surface area contributed by atoms with Gasteiger partial charge in [-0.15, -0.1) is 0 Å². The van der Waals surface area contributed by atoms with Crippen LogP contribution in [0, 0.1) is 12.8 Å². The normalized spacial score (nSPS) is 19.1. The molecule has 0 aromatic heterocycles. The first-order chi connectivity index (χ1) is 18.0. The minimum atomic E-state index is -0.669. The van der Waals surface area contributed by atoms with Crippen LogP contribution in [0.3, 0.4) is 0 Å². The lowest BCUT2D eigenvalue weighted by atomic mass is 9.94. The molecule has 10 heteroatoms. The highest BCUT2D eigenvalue weighted by Gasteiger charge is 2.39. The summed E-state index contributed by atoms with van der Waals surface area (Å²) in [5, 5.41) is 5.69. The number of thioether (sulfide) groups is 1. The van der Waals surface area contributed by atoms with Crippen molar-refractivity contribution in [3.63, 3.8) is 0 Å². The van der Waals surface area contributed by atoms with Gasteiger partial charge in [0.2, 0.25) is 17.7 Å². The first-order valence-electron chi connectivity index (χ1n) is 13.4. The van der Waals surface area contributed by atoms with Gasteiger partial charge in [-0.3, -0.25) is 14.4 Å². The number of amides is 4.